The Bertz CT molecular complexity index is 644. The highest BCUT2D eigenvalue weighted by Gasteiger charge is 2.11. The van der Waals surface area contributed by atoms with Gasteiger partial charge in [-0.25, -0.2) is 0 Å². The molecule has 1 aromatic carbocycles. The van der Waals surface area contributed by atoms with Crippen molar-refractivity contribution in [2.75, 3.05) is 24.3 Å². The van der Waals surface area contributed by atoms with Crippen LogP contribution in [0, 0.1) is 0 Å². The lowest BCUT2D eigenvalue weighted by Gasteiger charge is -2.15. The number of rotatable bonds is 3. The van der Waals surface area contributed by atoms with Crippen molar-refractivity contribution in [3.8, 4) is 0 Å². The Hall–Kier alpha value is -1.78. The van der Waals surface area contributed by atoms with Crippen LogP contribution < -0.4 is 10.2 Å². The van der Waals surface area contributed by atoms with E-state index in [0.29, 0.717) is 21.3 Å². The van der Waals surface area contributed by atoms with Gasteiger partial charge in [-0.1, -0.05) is 23.2 Å². The molecule has 4 nitrogen and oxygen atoms in total. The van der Waals surface area contributed by atoms with Crippen molar-refractivity contribution in [3.05, 3.63) is 52.3 Å². The molecular weight excluding hydrogens is 297 g/mol. The molecule has 2 aromatic rings. The highest BCUT2D eigenvalue weighted by Crippen LogP contribution is 2.27. The molecule has 0 aliphatic heterocycles. The van der Waals surface area contributed by atoms with E-state index in [1.807, 2.05) is 25.1 Å². The maximum absolute atomic E-state index is 12.1. The van der Waals surface area contributed by atoms with Crippen molar-refractivity contribution in [2.24, 2.45) is 0 Å². The van der Waals surface area contributed by atoms with Crippen LogP contribution in [0.5, 0.6) is 0 Å². The van der Waals surface area contributed by atoms with Gasteiger partial charge >= 0.3 is 0 Å². The molecule has 1 amide bonds. The SMILES string of the molecule is CN(C)c1ccc(NC(=O)c2cnccc2Cl)cc1Cl. The molecular formula is C14H13Cl2N3O. The number of hydrogen-bond acceptors (Lipinski definition) is 3. The van der Waals surface area contributed by atoms with Crippen LogP contribution in [-0.2, 0) is 0 Å². The average molecular weight is 310 g/mol. The molecule has 0 aliphatic carbocycles. The molecule has 1 N–H and O–H groups in total. The largest absolute Gasteiger partial charge is 0.376 e. The highest BCUT2D eigenvalue weighted by molar-refractivity contribution is 6.35. The minimum absolute atomic E-state index is 0.321. The Morgan fingerprint density at radius 3 is 2.55 bits per heavy atom. The summed E-state index contributed by atoms with van der Waals surface area (Å²) >= 11 is 12.1. The van der Waals surface area contributed by atoms with Gasteiger partial charge in [0.05, 0.1) is 21.3 Å². The van der Waals surface area contributed by atoms with Crippen LogP contribution in [0.2, 0.25) is 10.0 Å². The predicted octanol–water partition coefficient (Wildman–Crippen LogP) is 3.71. The summed E-state index contributed by atoms with van der Waals surface area (Å²) in [6.07, 6.45) is 2.95. The van der Waals surface area contributed by atoms with Crippen molar-refractivity contribution in [1.82, 2.24) is 4.98 Å². The van der Waals surface area contributed by atoms with Gasteiger partial charge in [-0.2, -0.15) is 0 Å². The number of pyridine rings is 1. The molecule has 0 bridgehead atoms. The second kappa shape index (κ2) is 6.11. The van der Waals surface area contributed by atoms with E-state index in [1.165, 1.54) is 12.4 Å². The monoisotopic (exact) mass is 309 g/mol. The molecule has 20 heavy (non-hydrogen) atoms. The Morgan fingerprint density at radius 2 is 1.95 bits per heavy atom. The van der Waals surface area contributed by atoms with Gasteiger partial charge in [0.15, 0.2) is 0 Å². The normalized spacial score (nSPS) is 10.2. The van der Waals surface area contributed by atoms with E-state index in [9.17, 15) is 4.79 Å². The number of halogens is 2. The molecule has 1 heterocycles. The zero-order valence-electron chi connectivity index (χ0n) is 11.0. The van der Waals surface area contributed by atoms with Crippen LogP contribution in [-0.4, -0.2) is 25.0 Å². The van der Waals surface area contributed by atoms with Gasteiger partial charge in [-0.3, -0.25) is 9.78 Å². The summed E-state index contributed by atoms with van der Waals surface area (Å²) in [7, 11) is 3.80. The van der Waals surface area contributed by atoms with E-state index in [1.54, 1.807) is 18.2 Å². The number of aromatic nitrogens is 1. The fraction of sp³-hybridized carbons (Fsp3) is 0.143. The summed E-state index contributed by atoms with van der Waals surface area (Å²) in [4.78, 5) is 17.9. The third kappa shape index (κ3) is 3.21. The van der Waals surface area contributed by atoms with Gasteiger partial charge in [-0.15, -0.1) is 0 Å². The van der Waals surface area contributed by atoms with E-state index in [4.69, 9.17) is 23.2 Å². The van der Waals surface area contributed by atoms with E-state index in [-0.39, 0.29) is 5.91 Å². The van der Waals surface area contributed by atoms with Crippen molar-refractivity contribution < 1.29 is 4.79 Å². The number of carbonyl (C=O) groups excluding carboxylic acids is 1. The van der Waals surface area contributed by atoms with E-state index >= 15 is 0 Å². The first-order chi connectivity index (χ1) is 9.49. The Morgan fingerprint density at radius 1 is 1.20 bits per heavy atom. The van der Waals surface area contributed by atoms with Crippen LogP contribution in [0.25, 0.3) is 0 Å². The summed E-state index contributed by atoms with van der Waals surface area (Å²) in [5.41, 5.74) is 1.80. The van der Waals surface area contributed by atoms with Gasteiger partial charge in [0.25, 0.3) is 5.91 Å². The van der Waals surface area contributed by atoms with Gasteiger partial charge < -0.3 is 10.2 Å². The summed E-state index contributed by atoms with van der Waals surface area (Å²) in [6.45, 7) is 0. The first-order valence-corrected chi connectivity index (χ1v) is 6.62. The number of carbonyl (C=O) groups is 1. The first kappa shape index (κ1) is 14.6. The molecule has 0 radical (unpaired) electrons. The second-order valence-corrected chi connectivity index (χ2v) is 5.18. The lowest BCUT2D eigenvalue weighted by molar-refractivity contribution is 0.102. The topological polar surface area (TPSA) is 45.2 Å². The summed E-state index contributed by atoms with van der Waals surface area (Å²) in [5, 5.41) is 3.66. The number of hydrogen-bond donors (Lipinski definition) is 1. The number of amides is 1. The van der Waals surface area contributed by atoms with Crippen molar-refractivity contribution >= 4 is 40.5 Å². The number of benzene rings is 1. The minimum atomic E-state index is -0.322. The number of anilines is 2. The average Bonchev–Trinajstić information content (AvgIpc) is 2.38. The first-order valence-electron chi connectivity index (χ1n) is 5.87. The molecule has 0 unspecified atom stereocenters. The zero-order chi connectivity index (χ0) is 14.7. The molecule has 0 aliphatic rings. The lowest BCUT2D eigenvalue weighted by Crippen LogP contribution is -2.13. The second-order valence-electron chi connectivity index (χ2n) is 4.37. The quantitative estimate of drug-likeness (QED) is 0.940. The fourth-order valence-corrected chi connectivity index (χ4v) is 2.23. The van der Waals surface area contributed by atoms with Crippen LogP contribution in [0.3, 0.4) is 0 Å². The van der Waals surface area contributed by atoms with Crippen molar-refractivity contribution in [3.63, 3.8) is 0 Å². The van der Waals surface area contributed by atoms with E-state index in [2.05, 4.69) is 10.3 Å². The molecule has 2 rings (SSSR count). The highest BCUT2D eigenvalue weighted by atomic mass is 35.5. The Kier molecular flexibility index (Phi) is 4.47. The Balaban J connectivity index is 2.21. The van der Waals surface area contributed by atoms with E-state index in [0.717, 1.165) is 5.69 Å². The summed E-state index contributed by atoms with van der Waals surface area (Å²) in [5.74, 6) is -0.322. The molecule has 0 saturated carbocycles. The van der Waals surface area contributed by atoms with Crippen LogP contribution >= 0.6 is 23.2 Å². The standard InChI is InChI=1S/C14H13Cl2N3O/c1-19(2)13-4-3-9(7-12(13)16)18-14(20)10-8-17-6-5-11(10)15/h3-8H,1-2H3,(H,18,20). The van der Waals surface area contributed by atoms with E-state index < -0.39 is 0 Å². The van der Waals surface area contributed by atoms with Gasteiger partial charge in [0.1, 0.15) is 0 Å². The molecule has 0 atom stereocenters. The van der Waals surface area contributed by atoms with Crippen molar-refractivity contribution in [2.45, 2.75) is 0 Å². The molecule has 6 heteroatoms. The fourth-order valence-electron chi connectivity index (χ4n) is 1.69. The van der Waals surface area contributed by atoms with Crippen molar-refractivity contribution in [1.29, 1.82) is 0 Å². The van der Waals surface area contributed by atoms with Gasteiger partial charge in [0.2, 0.25) is 0 Å². The summed E-state index contributed by atoms with van der Waals surface area (Å²) in [6, 6.07) is 6.88. The maximum Gasteiger partial charge on any atom is 0.258 e. The Labute approximate surface area is 127 Å². The smallest absolute Gasteiger partial charge is 0.258 e. The number of nitrogens with one attached hydrogen (secondary N) is 1. The van der Waals surface area contributed by atoms with Gasteiger partial charge in [-0.05, 0) is 24.3 Å². The maximum atomic E-state index is 12.1. The molecule has 104 valence electrons. The number of nitrogens with zero attached hydrogens (tertiary/aromatic N) is 2. The zero-order valence-corrected chi connectivity index (χ0v) is 12.5. The predicted molar refractivity (Wildman–Crippen MR) is 83.0 cm³/mol. The molecule has 1 aromatic heterocycles. The molecule has 0 saturated heterocycles. The lowest BCUT2D eigenvalue weighted by atomic mass is 10.2. The van der Waals surface area contributed by atoms with Crippen LogP contribution in [0.1, 0.15) is 10.4 Å². The molecule has 0 fully saturated rings. The third-order valence-electron chi connectivity index (χ3n) is 2.70. The third-order valence-corrected chi connectivity index (χ3v) is 3.33. The molecule has 0 spiro atoms. The summed E-state index contributed by atoms with van der Waals surface area (Å²) < 4.78 is 0. The van der Waals surface area contributed by atoms with Gasteiger partial charge in [0, 0.05) is 32.2 Å². The van der Waals surface area contributed by atoms with Crippen LogP contribution in [0.15, 0.2) is 36.7 Å². The van der Waals surface area contributed by atoms with Crippen LogP contribution in [0.4, 0.5) is 11.4 Å². The minimum Gasteiger partial charge on any atom is -0.376 e.